The maximum absolute atomic E-state index is 13.1. The van der Waals surface area contributed by atoms with E-state index in [1.807, 2.05) is 26.8 Å². The van der Waals surface area contributed by atoms with Gasteiger partial charge in [-0.25, -0.2) is 8.42 Å². The van der Waals surface area contributed by atoms with Crippen LogP contribution in [0.5, 0.6) is 0 Å². The molecule has 0 atom stereocenters. The van der Waals surface area contributed by atoms with Gasteiger partial charge in [0.05, 0.1) is 21.8 Å². The number of halogens is 1. The van der Waals surface area contributed by atoms with Crippen molar-refractivity contribution in [1.82, 2.24) is 9.78 Å². The lowest BCUT2D eigenvalue weighted by molar-refractivity contribution is 0.102. The maximum Gasteiger partial charge on any atom is 0.265 e. The quantitative estimate of drug-likeness (QED) is 0.640. The molecular weight excluding hydrogens is 424 g/mol. The highest BCUT2D eigenvalue weighted by atomic mass is 35.5. The first-order valence-corrected chi connectivity index (χ1v) is 11.0. The summed E-state index contributed by atoms with van der Waals surface area (Å²) in [5, 5.41) is 7.29. The van der Waals surface area contributed by atoms with Crippen molar-refractivity contribution in [3.05, 3.63) is 69.9 Å². The van der Waals surface area contributed by atoms with E-state index in [2.05, 4.69) is 10.4 Å². The van der Waals surface area contributed by atoms with Crippen molar-refractivity contribution >= 4 is 39.0 Å². The number of benzene rings is 2. The Labute approximate surface area is 181 Å². The fourth-order valence-corrected chi connectivity index (χ4v) is 4.81. The van der Waals surface area contributed by atoms with E-state index >= 15 is 0 Å². The Morgan fingerprint density at radius 3 is 2.33 bits per heavy atom. The second kappa shape index (κ2) is 8.12. The van der Waals surface area contributed by atoms with Crippen molar-refractivity contribution in [2.45, 2.75) is 25.7 Å². The third-order valence-corrected chi connectivity index (χ3v) is 6.86. The topological polar surface area (TPSA) is 84.3 Å². The fraction of sp³-hybridized carbons (Fsp3) is 0.238. The molecule has 0 aliphatic rings. The van der Waals surface area contributed by atoms with Gasteiger partial charge in [0.2, 0.25) is 0 Å². The number of amides is 1. The molecule has 1 aromatic heterocycles. The van der Waals surface area contributed by atoms with Crippen molar-refractivity contribution in [3.63, 3.8) is 0 Å². The Morgan fingerprint density at radius 1 is 1.10 bits per heavy atom. The van der Waals surface area contributed by atoms with Crippen LogP contribution in [0.1, 0.15) is 27.0 Å². The number of carbonyl (C=O) groups is 1. The number of carbonyl (C=O) groups excluding carboxylic acids is 1. The van der Waals surface area contributed by atoms with Crippen LogP contribution in [-0.2, 0) is 17.1 Å². The predicted octanol–water partition coefficient (Wildman–Crippen LogP) is 4.08. The van der Waals surface area contributed by atoms with Crippen molar-refractivity contribution in [2.75, 3.05) is 16.7 Å². The summed E-state index contributed by atoms with van der Waals surface area (Å²) in [6.45, 7) is 5.63. The van der Waals surface area contributed by atoms with Gasteiger partial charge in [-0.3, -0.25) is 13.8 Å². The van der Waals surface area contributed by atoms with Gasteiger partial charge in [0, 0.05) is 14.1 Å². The van der Waals surface area contributed by atoms with E-state index in [0.717, 1.165) is 21.0 Å². The van der Waals surface area contributed by atoms with Crippen LogP contribution in [-0.4, -0.2) is 31.2 Å². The van der Waals surface area contributed by atoms with Crippen molar-refractivity contribution < 1.29 is 13.2 Å². The zero-order chi connectivity index (χ0) is 22.2. The Kier molecular flexibility index (Phi) is 5.92. The van der Waals surface area contributed by atoms with E-state index in [4.69, 9.17) is 11.6 Å². The van der Waals surface area contributed by atoms with Crippen LogP contribution in [0.15, 0.2) is 47.5 Å². The summed E-state index contributed by atoms with van der Waals surface area (Å²) in [5.41, 5.74) is 3.32. The van der Waals surface area contributed by atoms with Crippen LogP contribution in [0.3, 0.4) is 0 Å². The van der Waals surface area contributed by atoms with E-state index in [-0.39, 0.29) is 16.3 Å². The summed E-state index contributed by atoms with van der Waals surface area (Å²) in [5.74, 6) is -0.355. The molecule has 0 radical (unpaired) electrons. The average Bonchev–Trinajstić information content (AvgIpc) is 3.05. The number of rotatable bonds is 5. The number of nitrogens with one attached hydrogen (secondary N) is 1. The zero-order valence-corrected chi connectivity index (χ0v) is 19.0. The van der Waals surface area contributed by atoms with E-state index in [0.29, 0.717) is 10.7 Å². The van der Waals surface area contributed by atoms with Gasteiger partial charge in [-0.05, 0) is 50.1 Å². The molecule has 30 heavy (non-hydrogen) atoms. The van der Waals surface area contributed by atoms with Crippen LogP contribution < -0.4 is 9.62 Å². The first kappa shape index (κ1) is 21.9. The van der Waals surface area contributed by atoms with Crippen LogP contribution >= 0.6 is 11.6 Å². The SMILES string of the molecule is Cc1ccc(S(=O)(=O)N(C)c2c(C(=O)Nc3c(C)cc(C)cc3Cl)cnn2C)cc1. The van der Waals surface area contributed by atoms with Crippen molar-refractivity contribution in [2.24, 2.45) is 7.05 Å². The first-order valence-electron chi connectivity index (χ1n) is 9.18. The molecule has 1 N–H and O–H groups in total. The molecular formula is C21H23ClN4O3S. The van der Waals surface area contributed by atoms with Gasteiger partial charge in [-0.2, -0.15) is 5.10 Å². The smallest absolute Gasteiger partial charge is 0.265 e. The Balaban J connectivity index is 1.99. The molecule has 3 rings (SSSR count). The van der Waals surface area contributed by atoms with E-state index < -0.39 is 15.9 Å². The van der Waals surface area contributed by atoms with Gasteiger partial charge in [0.1, 0.15) is 5.56 Å². The molecule has 158 valence electrons. The van der Waals surface area contributed by atoms with Gasteiger partial charge >= 0.3 is 0 Å². The molecule has 7 nitrogen and oxygen atoms in total. The second-order valence-corrected chi connectivity index (χ2v) is 9.56. The number of sulfonamides is 1. The van der Waals surface area contributed by atoms with Crippen molar-refractivity contribution in [3.8, 4) is 0 Å². The molecule has 0 saturated carbocycles. The highest BCUT2D eigenvalue weighted by Gasteiger charge is 2.29. The minimum Gasteiger partial charge on any atom is -0.320 e. The molecule has 0 fully saturated rings. The molecule has 0 unspecified atom stereocenters. The number of aryl methyl sites for hydroxylation is 4. The Morgan fingerprint density at radius 2 is 1.73 bits per heavy atom. The molecule has 2 aromatic carbocycles. The number of hydrogen-bond donors (Lipinski definition) is 1. The summed E-state index contributed by atoms with van der Waals surface area (Å²) >= 11 is 6.30. The minimum absolute atomic E-state index is 0.117. The average molecular weight is 447 g/mol. The third kappa shape index (κ3) is 4.06. The lowest BCUT2D eigenvalue weighted by Crippen LogP contribution is -2.30. The monoisotopic (exact) mass is 446 g/mol. The number of hydrogen-bond acceptors (Lipinski definition) is 4. The Bertz CT molecular complexity index is 1190. The normalized spacial score (nSPS) is 11.4. The third-order valence-electron chi connectivity index (χ3n) is 4.80. The molecule has 0 saturated heterocycles. The van der Waals surface area contributed by atoms with E-state index in [1.54, 1.807) is 25.2 Å². The fourth-order valence-electron chi connectivity index (χ4n) is 3.20. The standard InChI is InChI=1S/C21H23ClN4O3S/c1-13-6-8-16(9-7-13)30(28,29)26(5)21-17(12-23-25(21)4)20(27)24-19-15(3)10-14(2)11-18(19)22/h6-12H,1-5H3,(H,24,27). The summed E-state index contributed by atoms with van der Waals surface area (Å²) in [6, 6.07) is 10.2. The van der Waals surface area contributed by atoms with Crippen LogP contribution in [0, 0.1) is 20.8 Å². The predicted molar refractivity (Wildman–Crippen MR) is 119 cm³/mol. The zero-order valence-electron chi connectivity index (χ0n) is 17.4. The molecule has 3 aromatic rings. The summed E-state index contributed by atoms with van der Waals surface area (Å²) in [6.07, 6.45) is 1.34. The van der Waals surface area contributed by atoms with E-state index in [1.165, 1.54) is 30.1 Å². The minimum atomic E-state index is -3.89. The number of anilines is 2. The highest BCUT2D eigenvalue weighted by Crippen LogP contribution is 2.30. The van der Waals surface area contributed by atoms with Crippen molar-refractivity contribution in [1.29, 1.82) is 0 Å². The van der Waals surface area contributed by atoms with Gasteiger partial charge in [0.15, 0.2) is 5.82 Å². The molecule has 0 bridgehead atoms. The van der Waals surface area contributed by atoms with Crippen LogP contribution in [0.4, 0.5) is 11.5 Å². The molecule has 9 heteroatoms. The van der Waals surface area contributed by atoms with Gasteiger partial charge < -0.3 is 5.32 Å². The Hall–Kier alpha value is -2.84. The largest absolute Gasteiger partial charge is 0.320 e. The van der Waals surface area contributed by atoms with Gasteiger partial charge in [0.25, 0.3) is 15.9 Å². The highest BCUT2D eigenvalue weighted by molar-refractivity contribution is 7.92. The number of nitrogens with zero attached hydrogens (tertiary/aromatic N) is 3. The summed E-state index contributed by atoms with van der Waals surface area (Å²) < 4.78 is 28.6. The molecule has 0 spiro atoms. The molecule has 1 amide bonds. The summed E-state index contributed by atoms with van der Waals surface area (Å²) in [7, 11) is -0.909. The van der Waals surface area contributed by atoms with Crippen LogP contribution in [0.25, 0.3) is 0 Å². The second-order valence-electron chi connectivity index (χ2n) is 7.18. The molecule has 0 aliphatic heterocycles. The number of aromatic nitrogens is 2. The maximum atomic E-state index is 13.1. The molecule has 0 aliphatic carbocycles. The van der Waals surface area contributed by atoms with E-state index in [9.17, 15) is 13.2 Å². The lowest BCUT2D eigenvalue weighted by atomic mass is 10.1. The summed E-state index contributed by atoms with van der Waals surface area (Å²) in [4.78, 5) is 13.1. The van der Waals surface area contributed by atoms with Crippen LogP contribution in [0.2, 0.25) is 5.02 Å². The first-order chi connectivity index (χ1) is 14.0. The van der Waals surface area contributed by atoms with Gasteiger partial charge in [-0.1, -0.05) is 35.4 Å². The lowest BCUT2D eigenvalue weighted by Gasteiger charge is -2.21. The molecule has 1 heterocycles. The van der Waals surface area contributed by atoms with Gasteiger partial charge in [-0.15, -0.1) is 0 Å².